The minimum atomic E-state index is -1.74. The second kappa shape index (κ2) is 12.1. The molecular formula is C25H28F2N6O2S. The molecule has 0 radical (unpaired) electrons. The van der Waals surface area contributed by atoms with E-state index in [1.165, 1.54) is 40.0 Å². The van der Waals surface area contributed by atoms with Crippen molar-refractivity contribution >= 4 is 11.8 Å². The number of hydrogen-bond donors (Lipinski definition) is 1. The molecule has 0 aliphatic heterocycles. The molecule has 36 heavy (non-hydrogen) atoms. The maximum Gasteiger partial charge on any atom is 0.150 e. The van der Waals surface area contributed by atoms with Crippen LogP contribution in [0.15, 0.2) is 61.4 Å². The molecule has 0 aliphatic rings. The van der Waals surface area contributed by atoms with E-state index < -0.39 is 17.2 Å². The van der Waals surface area contributed by atoms with Crippen molar-refractivity contribution in [1.29, 1.82) is 0 Å². The van der Waals surface area contributed by atoms with E-state index in [2.05, 4.69) is 32.3 Å². The van der Waals surface area contributed by atoms with Gasteiger partial charge in [0.05, 0.1) is 20.2 Å². The number of aromatic nitrogens is 6. The fraction of sp³-hybridized carbons (Fsp3) is 0.360. The van der Waals surface area contributed by atoms with Crippen molar-refractivity contribution in [1.82, 2.24) is 29.5 Å². The number of ether oxygens (including phenoxy) is 1. The molecule has 190 valence electrons. The summed E-state index contributed by atoms with van der Waals surface area (Å²) in [5.74, 6) is 1.91. The first-order valence-electron chi connectivity index (χ1n) is 11.5. The lowest BCUT2D eigenvalue weighted by Gasteiger charge is -2.28. The maximum absolute atomic E-state index is 14.6. The lowest BCUT2D eigenvalue weighted by molar-refractivity contribution is -0.00862. The van der Waals surface area contributed by atoms with Gasteiger partial charge >= 0.3 is 0 Å². The Morgan fingerprint density at radius 3 is 2.56 bits per heavy atom. The molecule has 2 heterocycles. The van der Waals surface area contributed by atoms with E-state index in [4.69, 9.17) is 4.74 Å². The smallest absolute Gasteiger partial charge is 0.150 e. The first-order chi connectivity index (χ1) is 17.4. The fourth-order valence-electron chi connectivity index (χ4n) is 3.86. The Labute approximate surface area is 212 Å². The number of hydrogen-bond acceptors (Lipinski definition) is 7. The Kier molecular flexibility index (Phi) is 8.65. The first kappa shape index (κ1) is 25.8. The van der Waals surface area contributed by atoms with Gasteiger partial charge in [0.1, 0.15) is 42.0 Å². The Morgan fingerprint density at radius 2 is 1.83 bits per heavy atom. The predicted molar refractivity (Wildman–Crippen MR) is 132 cm³/mol. The summed E-state index contributed by atoms with van der Waals surface area (Å²) in [5, 5.41) is 19.9. The molecule has 4 rings (SSSR count). The maximum atomic E-state index is 14.6. The van der Waals surface area contributed by atoms with Crippen molar-refractivity contribution in [2.24, 2.45) is 0 Å². The van der Waals surface area contributed by atoms with Crippen molar-refractivity contribution in [3.8, 4) is 5.75 Å². The van der Waals surface area contributed by atoms with E-state index in [9.17, 15) is 13.9 Å². The first-order valence-corrected chi connectivity index (χ1v) is 12.7. The summed E-state index contributed by atoms with van der Waals surface area (Å²) in [4.78, 5) is 8.22. The summed E-state index contributed by atoms with van der Waals surface area (Å²) in [6, 6.07) is 11.2. The zero-order valence-electron chi connectivity index (χ0n) is 19.9. The SMILES string of the molecule is COc1ccc(CSCCCCc2ncn(CC(O)(Cn3cncn3)c3ccc(F)cc3F)n2)cc1. The average Bonchev–Trinajstić information content (AvgIpc) is 3.53. The van der Waals surface area contributed by atoms with E-state index in [1.807, 2.05) is 23.9 Å². The molecule has 0 bridgehead atoms. The van der Waals surface area contributed by atoms with E-state index >= 15 is 0 Å². The van der Waals surface area contributed by atoms with Crippen LogP contribution in [0.5, 0.6) is 5.75 Å². The van der Waals surface area contributed by atoms with Crippen molar-refractivity contribution < 1.29 is 18.6 Å². The second-order valence-corrected chi connectivity index (χ2v) is 9.57. The van der Waals surface area contributed by atoms with Crippen molar-refractivity contribution in [3.63, 3.8) is 0 Å². The minimum absolute atomic E-state index is 0.0506. The topological polar surface area (TPSA) is 90.9 Å². The van der Waals surface area contributed by atoms with Crippen molar-refractivity contribution in [2.75, 3.05) is 12.9 Å². The van der Waals surface area contributed by atoms with Gasteiger partial charge in [-0.25, -0.2) is 28.1 Å². The Balaban J connectivity index is 1.30. The van der Waals surface area contributed by atoms with Gasteiger partial charge in [0, 0.05) is 23.8 Å². The zero-order chi connectivity index (χ0) is 25.4. The molecule has 8 nitrogen and oxygen atoms in total. The van der Waals surface area contributed by atoms with Gasteiger partial charge in [-0.1, -0.05) is 18.2 Å². The standard InChI is InChI=1S/C25H28F2N6O2S/c1-35-21-8-5-19(6-9-21)13-36-11-3-2-4-24-29-18-33(31-24)15-25(34,14-32-17-28-16-30-32)22-10-7-20(26)12-23(22)27/h5-10,12,16-18,34H,2-4,11,13-15H2,1H3. The number of halogens is 2. The summed E-state index contributed by atoms with van der Waals surface area (Å²) in [6.45, 7) is -0.170. The number of benzene rings is 2. The third-order valence-corrected chi connectivity index (χ3v) is 6.81. The van der Waals surface area contributed by atoms with Crippen LogP contribution in [-0.4, -0.2) is 47.5 Å². The van der Waals surface area contributed by atoms with Crippen LogP contribution in [0.1, 0.15) is 29.8 Å². The summed E-state index contributed by atoms with van der Waals surface area (Å²) < 4.78 is 36.1. The minimum Gasteiger partial charge on any atom is -0.497 e. The summed E-state index contributed by atoms with van der Waals surface area (Å²) >= 11 is 1.87. The van der Waals surface area contributed by atoms with Gasteiger partial charge in [-0.3, -0.25) is 0 Å². The van der Waals surface area contributed by atoms with Gasteiger partial charge in [0.2, 0.25) is 0 Å². The molecule has 0 fully saturated rings. The summed E-state index contributed by atoms with van der Waals surface area (Å²) in [7, 11) is 1.66. The van der Waals surface area contributed by atoms with Gasteiger partial charge < -0.3 is 9.84 Å². The molecule has 0 spiro atoms. The van der Waals surface area contributed by atoms with Gasteiger partial charge in [-0.2, -0.15) is 22.0 Å². The third-order valence-electron chi connectivity index (χ3n) is 5.70. The monoisotopic (exact) mass is 514 g/mol. The van der Waals surface area contributed by atoms with Gasteiger partial charge in [0.25, 0.3) is 0 Å². The van der Waals surface area contributed by atoms with Gasteiger partial charge in [-0.05, 0) is 42.4 Å². The second-order valence-electron chi connectivity index (χ2n) is 8.46. The molecule has 0 amide bonds. The number of unbranched alkanes of at least 4 members (excludes halogenated alkanes) is 1. The molecule has 1 unspecified atom stereocenters. The molecule has 0 saturated heterocycles. The van der Waals surface area contributed by atoms with Crippen LogP contribution >= 0.6 is 11.8 Å². The Hall–Kier alpha value is -3.31. The Morgan fingerprint density at radius 1 is 1.03 bits per heavy atom. The van der Waals surface area contributed by atoms with Gasteiger partial charge in [-0.15, -0.1) is 0 Å². The molecule has 1 N–H and O–H groups in total. The lowest BCUT2D eigenvalue weighted by atomic mass is 9.93. The molecule has 0 saturated carbocycles. The molecular weight excluding hydrogens is 486 g/mol. The Bertz CT molecular complexity index is 1240. The van der Waals surface area contributed by atoms with Crippen molar-refractivity contribution in [3.05, 3.63) is 90.0 Å². The molecule has 2 aromatic carbocycles. The number of nitrogens with zero attached hydrogens (tertiary/aromatic N) is 6. The number of aliphatic hydroxyl groups is 1. The van der Waals surface area contributed by atoms with E-state index in [0.29, 0.717) is 12.2 Å². The summed E-state index contributed by atoms with van der Waals surface area (Å²) in [6.07, 6.45) is 6.90. The number of aryl methyl sites for hydroxylation is 1. The van der Waals surface area contributed by atoms with Crippen LogP contribution in [0.4, 0.5) is 8.78 Å². The normalized spacial score (nSPS) is 13.0. The van der Waals surface area contributed by atoms with Crippen LogP contribution < -0.4 is 4.74 Å². The molecule has 0 aliphatic carbocycles. The highest BCUT2D eigenvalue weighted by Gasteiger charge is 2.34. The van der Waals surface area contributed by atoms with Crippen LogP contribution in [-0.2, 0) is 30.9 Å². The highest BCUT2D eigenvalue weighted by atomic mass is 32.2. The van der Waals surface area contributed by atoms with Crippen LogP contribution in [0.2, 0.25) is 0 Å². The van der Waals surface area contributed by atoms with Crippen molar-refractivity contribution in [2.45, 2.75) is 43.7 Å². The average molecular weight is 515 g/mol. The molecule has 2 aromatic heterocycles. The van der Waals surface area contributed by atoms with Crippen LogP contribution in [0, 0.1) is 11.6 Å². The predicted octanol–water partition coefficient (Wildman–Crippen LogP) is 4.00. The number of methoxy groups -OCH3 is 1. The highest BCUT2D eigenvalue weighted by molar-refractivity contribution is 7.98. The summed E-state index contributed by atoms with van der Waals surface area (Å²) in [5.41, 5.74) is -0.531. The zero-order valence-corrected chi connectivity index (χ0v) is 20.7. The van der Waals surface area contributed by atoms with E-state index in [-0.39, 0.29) is 18.7 Å². The highest BCUT2D eigenvalue weighted by Crippen LogP contribution is 2.28. The number of rotatable bonds is 13. The molecule has 11 heteroatoms. The van der Waals surface area contributed by atoms with Crippen LogP contribution in [0.25, 0.3) is 0 Å². The molecule has 4 aromatic rings. The van der Waals surface area contributed by atoms with Crippen LogP contribution in [0.3, 0.4) is 0 Å². The quantitative estimate of drug-likeness (QED) is 0.270. The third kappa shape index (κ3) is 6.88. The number of thioether (sulfide) groups is 1. The molecule has 1 atom stereocenters. The largest absolute Gasteiger partial charge is 0.497 e. The lowest BCUT2D eigenvalue weighted by Crippen LogP contribution is -2.37. The fourth-order valence-corrected chi connectivity index (χ4v) is 4.84. The van der Waals surface area contributed by atoms with Gasteiger partial charge in [0.15, 0.2) is 5.82 Å². The van der Waals surface area contributed by atoms with E-state index in [0.717, 1.165) is 42.2 Å². The van der Waals surface area contributed by atoms with E-state index in [1.54, 1.807) is 7.11 Å².